The molecule has 0 aliphatic carbocycles. The molecule has 17 heavy (non-hydrogen) atoms. The van der Waals surface area contributed by atoms with Crippen LogP contribution in [0.4, 0.5) is 0 Å². The second-order valence-corrected chi connectivity index (χ2v) is 4.55. The standard InChI is InChI=1S/C13H11ClN2O/c14-10-3-1-2-9(8-10)4-5-12-11-6-7-15-13(11)17-16-12/h1-3,8,11,13,15H,6-7H2. The highest BCUT2D eigenvalue weighted by molar-refractivity contribution is 6.30. The van der Waals surface area contributed by atoms with E-state index in [0.717, 1.165) is 24.2 Å². The van der Waals surface area contributed by atoms with E-state index in [1.54, 1.807) is 0 Å². The van der Waals surface area contributed by atoms with Gasteiger partial charge in [-0.1, -0.05) is 28.7 Å². The number of halogens is 1. The molecular formula is C13H11ClN2O. The quantitative estimate of drug-likeness (QED) is 0.711. The fourth-order valence-electron chi connectivity index (χ4n) is 2.06. The lowest BCUT2D eigenvalue weighted by Gasteiger charge is -2.04. The van der Waals surface area contributed by atoms with Crippen LogP contribution in [0.2, 0.25) is 5.02 Å². The molecular weight excluding hydrogens is 236 g/mol. The number of nitrogens with one attached hydrogen (secondary N) is 1. The van der Waals surface area contributed by atoms with Gasteiger partial charge in [-0.3, -0.25) is 5.32 Å². The molecule has 0 spiro atoms. The van der Waals surface area contributed by atoms with Crippen LogP contribution in [0.3, 0.4) is 0 Å². The van der Waals surface area contributed by atoms with Gasteiger partial charge in [-0.15, -0.1) is 0 Å². The summed E-state index contributed by atoms with van der Waals surface area (Å²) in [5.41, 5.74) is 1.73. The van der Waals surface area contributed by atoms with Crippen molar-refractivity contribution in [2.75, 3.05) is 6.54 Å². The van der Waals surface area contributed by atoms with Crippen molar-refractivity contribution in [3.05, 3.63) is 34.9 Å². The third-order valence-corrected chi connectivity index (χ3v) is 3.18. The van der Waals surface area contributed by atoms with Gasteiger partial charge in [0.15, 0.2) is 6.23 Å². The largest absolute Gasteiger partial charge is 0.375 e. The van der Waals surface area contributed by atoms with Crippen LogP contribution in [0, 0.1) is 17.8 Å². The first-order chi connectivity index (χ1) is 8.33. The monoisotopic (exact) mass is 246 g/mol. The van der Waals surface area contributed by atoms with Crippen LogP contribution in [0.1, 0.15) is 12.0 Å². The summed E-state index contributed by atoms with van der Waals surface area (Å²) in [4.78, 5) is 5.25. The van der Waals surface area contributed by atoms with Gasteiger partial charge < -0.3 is 4.84 Å². The number of hydrogen-bond acceptors (Lipinski definition) is 3. The van der Waals surface area contributed by atoms with E-state index in [9.17, 15) is 0 Å². The smallest absolute Gasteiger partial charge is 0.188 e. The van der Waals surface area contributed by atoms with E-state index >= 15 is 0 Å². The van der Waals surface area contributed by atoms with Crippen molar-refractivity contribution < 1.29 is 4.84 Å². The number of fused-ring (bicyclic) bond motifs is 1. The average molecular weight is 247 g/mol. The van der Waals surface area contributed by atoms with Gasteiger partial charge in [0.25, 0.3) is 0 Å². The molecule has 3 nitrogen and oxygen atoms in total. The molecule has 3 rings (SSSR count). The summed E-state index contributed by atoms with van der Waals surface area (Å²) in [6.07, 6.45) is 1.06. The SMILES string of the molecule is Clc1cccc(C#CC2=NOC3NCCC23)c1. The minimum absolute atomic E-state index is 0.0265. The molecule has 1 N–H and O–H groups in total. The first-order valence-electron chi connectivity index (χ1n) is 5.57. The van der Waals surface area contributed by atoms with Gasteiger partial charge in [-0.2, -0.15) is 0 Å². The molecule has 2 aliphatic rings. The van der Waals surface area contributed by atoms with Crippen molar-refractivity contribution >= 4 is 17.3 Å². The number of rotatable bonds is 0. The Balaban J connectivity index is 1.80. The Morgan fingerprint density at radius 3 is 3.24 bits per heavy atom. The van der Waals surface area contributed by atoms with Gasteiger partial charge >= 0.3 is 0 Å². The summed E-state index contributed by atoms with van der Waals surface area (Å²) in [5.74, 6) is 6.45. The van der Waals surface area contributed by atoms with Crippen LogP contribution in [0.5, 0.6) is 0 Å². The second-order valence-electron chi connectivity index (χ2n) is 4.11. The molecule has 1 fully saturated rings. The summed E-state index contributed by atoms with van der Waals surface area (Å²) in [6.45, 7) is 0.965. The van der Waals surface area contributed by atoms with Crippen molar-refractivity contribution in [3.8, 4) is 11.8 Å². The minimum atomic E-state index is 0.0265. The summed E-state index contributed by atoms with van der Waals surface area (Å²) < 4.78 is 0. The Kier molecular flexibility index (Phi) is 2.76. The van der Waals surface area contributed by atoms with E-state index in [-0.39, 0.29) is 6.23 Å². The zero-order valence-electron chi connectivity index (χ0n) is 9.11. The summed E-state index contributed by atoms with van der Waals surface area (Å²) >= 11 is 5.90. The number of benzene rings is 1. The van der Waals surface area contributed by atoms with E-state index < -0.39 is 0 Å². The maximum atomic E-state index is 5.90. The molecule has 0 saturated carbocycles. The maximum absolute atomic E-state index is 5.90. The predicted octanol–water partition coefficient (Wildman–Crippen LogP) is 2.01. The third-order valence-electron chi connectivity index (χ3n) is 2.94. The molecule has 2 atom stereocenters. The van der Waals surface area contributed by atoms with Crippen LogP contribution in [0.15, 0.2) is 29.4 Å². The topological polar surface area (TPSA) is 33.6 Å². The highest BCUT2D eigenvalue weighted by Crippen LogP contribution is 2.24. The molecule has 2 aliphatic heterocycles. The van der Waals surface area contributed by atoms with Gasteiger partial charge in [-0.25, -0.2) is 0 Å². The number of hydrogen-bond donors (Lipinski definition) is 1. The fraction of sp³-hybridized carbons (Fsp3) is 0.308. The Bertz CT molecular complexity index is 530. The number of oxime groups is 1. The molecule has 0 aromatic heterocycles. The first-order valence-corrected chi connectivity index (χ1v) is 5.95. The molecule has 0 radical (unpaired) electrons. The van der Waals surface area contributed by atoms with Gasteiger partial charge in [-0.05, 0) is 37.1 Å². The van der Waals surface area contributed by atoms with Crippen molar-refractivity contribution in [2.45, 2.75) is 12.6 Å². The lowest BCUT2D eigenvalue weighted by Crippen LogP contribution is -2.26. The fourth-order valence-corrected chi connectivity index (χ4v) is 2.26. The zero-order chi connectivity index (χ0) is 11.7. The number of nitrogens with zero attached hydrogens (tertiary/aromatic N) is 1. The van der Waals surface area contributed by atoms with Crippen LogP contribution in [0.25, 0.3) is 0 Å². The van der Waals surface area contributed by atoms with E-state index in [4.69, 9.17) is 16.4 Å². The molecule has 0 bridgehead atoms. The minimum Gasteiger partial charge on any atom is -0.375 e. The van der Waals surface area contributed by atoms with Crippen molar-refractivity contribution in [2.24, 2.45) is 11.1 Å². The Labute approximate surface area is 105 Å². The lowest BCUT2D eigenvalue weighted by molar-refractivity contribution is 0.0584. The summed E-state index contributed by atoms with van der Waals surface area (Å²) in [5, 5.41) is 7.93. The first kappa shape index (κ1) is 10.6. The molecule has 1 aromatic carbocycles. The maximum Gasteiger partial charge on any atom is 0.188 e. The van der Waals surface area contributed by atoms with Gasteiger partial charge in [0.05, 0.1) is 5.92 Å². The zero-order valence-corrected chi connectivity index (χ0v) is 9.87. The van der Waals surface area contributed by atoms with Gasteiger partial charge in [0.2, 0.25) is 0 Å². The lowest BCUT2D eigenvalue weighted by atomic mass is 10.0. The Morgan fingerprint density at radius 1 is 1.41 bits per heavy atom. The molecule has 4 heteroatoms. The highest BCUT2D eigenvalue weighted by Gasteiger charge is 2.37. The van der Waals surface area contributed by atoms with Crippen molar-refractivity contribution in [1.29, 1.82) is 0 Å². The predicted molar refractivity (Wildman–Crippen MR) is 66.7 cm³/mol. The third kappa shape index (κ3) is 2.14. The van der Waals surface area contributed by atoms with E-state index in [2.05, 4.69) is 22.3 Å². The molecule has 86 valence electrons. The average Bonchev–Trinajstić information content (AvgIpc) is 2.89. The van der Waals surface area contributed by atoms with E-state index in [0.29, 0.717) is 10.9 Å². The van der Waals surface area contributed by atoms with Crippen LogP contribution >= 0.6 is 11.6 Å². The van der Waals surface area contributed by atoms with Crippen LogP contribution in [-0.2, 0) is 4.84 Å². The van der Waals surface area contributed by atoms with Crippen LogP contribution < -0.4 is 5.32 Å². The van der Waals surface area contributed by atoms with E-state index in [1.807, 2.05) is 24.3 Å². The molecule has 2 heterocycles. The molecule has 1 aromatic rings. The van der Waals surface area contributed by atoms with Gasteiger partial charge in [0.1, 0.15) is 5.71 Å². The molecule has 2 unspecified atom stereocenters. The molecule has 0 amide bonds. The second kappa shape index (κ2) is 4.40. The highest BCUT2D eigenvalue weighted by atomic mass is 35.5. The van der Waals surface area contributed by atoms with Crippen molar-refractivity contribution in [1.82, 2.24) is 5.32 Å². The van der Waals surface area contributed by atoms with E-state index in [1.165, 1.54) is 0 Å². The van der Waals surface area contributed by atoms with Crippen LogP contribution in [-0.4, -0.2) is 18.5 Å². The summed E-state index contributed by atoms with van der Waals surface area (Å²) in [7, 11) is 0. The Hall–Kier alpha value is -1.50. The summed E-state index contributed by atoms with van der Waals surface area (Å²) in [6, 6.07) is 7.49. The van der Waals surface area contributed by atoms with Crippen molar-refractivity contribution in [3.63, 3.8) is 0 Å². The molecule has 1 saturated heterocycles. The Morgan fingerprint density at radius 2 is 2.35 bits per heavy atom. The normalized spacial score (nSPS) is 25.6. The van der Waals surface area contributed by atoms with Gasteiger partial charge in [0, 0.05) is 10.6 Å².